The SMILES string of the molecule is NC(=NO)c1cnc(SC2CCOCC2)c([N+](=O)[O-])c1. The van der Waals surface area contributed by atoms with Crippen LogP contribution in [-0.2, 0) is 4.74 Å². The van der Waals surface area contributed by atoms with Crippen molar-refractivity contribution in [3.63, 3.8) is 0 Å². The van der Waals surface area contributed by atoms with Crippen LogP contribution in [-0.4, -0.2) is 39.4 Å². The van der Waals surface area contributed by atoms with E-state index < -0.39 is 4.92 Å². The largest absolute Gasteiger partial charge is 0.409 e. The lowest BCUT2D eigenvalue weighted by Crippen LogP contribution is -2.18. The summed E-state index contributed by atoms with van der Waals surface area (Å²) >= 11 is 1.37. The maximum Gasteiger partial charge on any atom is 0.302 e. The molecular formula is C11H14N4O4S. The highest BCUT2D eigenvalue weighted by Gasteiger charge is 2.23. The Kier molecular flexibility index (Phi) is 4.74. The Morgan fingerprint density at radius 1 is 1.60 bits per heavy atom. The number of ether oxygens (including phenoxy) is 1. The van der Waals surface area contributed by atoms with Crippen molar-refractivity contribution in [2.75, 3.05) is 13.2 Å². The van der Waals surface area contributed by atoms with Crippen LogP contribution in [0.5, 0.6) is 0 Å². The van der Waals surface area contributed by atoms with Crippen LogP contribution >= 0.6 is 11.8 Å². The maximum absolute atomic E-state index is 11.1. The van der Waals surface area contributed by atoms with Gasteiger partial charge in [0, 0.05) is 36.3 Å². The van der Waals surface area contributed by atoms with Crippen molar-refractivity contribution in [2.45, 2.75) is 23.1 Å². The van der Waals surface area contributed by atoms with Gasteiger partial charge in [0.2, 0.25) is 0 Å². The molecule has 3 N–H and O–H groups in total. The van der Waals surface area contributed by atoms with Gasteiger partial charge in [-0.15, -0.1) is 0 Å². The zero-order valence-corrected chi connectivity index (χ0v) is 11.4. The highest BCUT2D eigenvalue weighted by molar-refractivity contribution is 8.00. The Labute approximate surface area is 119 Å². The second-order valence-corrected chi connectivity index (χ2v) is 5.51. The van der Waals surface area contributed by atoms with Gasteiger partial charge in [0.05, 0.1) is 4.92 Å². The molecular weight excluding hydrogens is 284 g/mol. The van der Waals surface area contributed by atoms with Crippen LogP contribution in [0.1, 0.15) is 18.4 Å². The number of rotatable bonds is 4. The normalized spacial score (nSPS) is 17.1. The molecule has 8 nitrogen and oxygen atoms in total. The summed E-state index contributed by atoms with van der Waals surface area (Å²) in [5, 5.41) is 23.1. The van der Waals surface area contributed by atoms with E-state index in [2.05, 4.69) is 10.1 Å². The van der Waals surface area contributed by atoms with E-state index in [9.17, 15) is 10.1 Å². The molecule has 0 saturated carbocycles. The molecule has 1 aromatic rings. The number of pyridine rings is 1. The highest BCUT2D eigenvalue weighted by Crippen LogP contribution is 2.34. The lowest BCUT2D eigenvalue weighted by Gasteiger charge is -2.20. The smallest absolute Gasteiger partial charge is 0.302 e. The predicted molar refractivity (Wildman–Crippen MR) is 73.1 cm³/mol. The first-order chi connectivity index (χ1) is 9.61. The standard InChI is InChI=1S/C11H14N4O4S/c12-10(14-16)7-5-9(15(17)18)11(13-6-7)20-8-1-3-19-4-2-8/h5-6,8,16H,1-4H2,(H2,12,14). The van der Waals surface area contributed by atoms with Crippen LogP contribution in [0.25, 0.3) is 0 Å². The number of oxime groups is 1. The quantitative estimate of drug-likeness (QED) is 0.283. The van der Waals surface area contributed by atoms with Crippen molar-refractivity contribution in [2.24, 2.45) is 10.9 Å². The van der Waals surface area contributed by atoms with Crippen molar-refractivity contribution in [1.29, 1.82) is 0 Å². The third-order valence-corrected chi connectivity index (χ3v) is 4.22. The van der Waals surface area contributed by atoms with Gasteiger partial charge in [-0.3, -0.25) is 10.1 Å². The van der Waals surface area contributed by atoms with Crippen LogP contribution in [0.4, 0.5) is 5.69 Å². The number of thioether (sulfide) groups is 1. The van der Waals surface area contributed by atoms with E-state index in [0.717, 1.165) is 12.8 Å². The van der Waals surface area contributed by atoms with Crippen LogP contribution in [0.2, 0.25) is 0 Å². The van der Waals surface area contributed by atoms with E-state index in [-0.39, 0.29) is 22.3 Å². The first-order valence-corrected chi connectivity index (χ1v) is 6.86. The summed E-state index contributed by atoms with van der Waals surface area (Å²) in [5.41, 5.74) is 5.50. The highest BCUT2D eigenvalue weighted by atomic mass is 32.2. The van der Waals surface area contributed by atoms with Gasteiger partial charge in [0.1, 0.15) is 0 Å². The fraction of sp³-hybridized carbons (Fsp3) is 0.455. The number of hydrogen-bond acceptors (Lipinski definition) is 7. The Balaban J connectivity index is 2.25. The molecule has 0 radical (unpaired) electrons. The molecule has 9 heteroatoms. The summed E-state index contributed by atoms with van der Waals surface area (Å²) in [6, 6.07) is 1.27. The van der Waals surface area contributed by atoms with E-state index in [1.165, 1.54) is 24.0 Å². The fourth-order valence-corrected chi connectivity index (χ4v) is 2.92. The fourth-order valence-electron chi connectivity index (χ4n) is 1.81. The van der Waals surface area contributed by atoms with E-state index in [0.29, 0.717) is 18.2 Å². The van der Waals surface area contributed by atoms with E-state index in [1.807, 2.05) is 0 Å². The van der Waals surface area contributed by atoms with Gasteiger partial charge in [0.15, 0.2) is 10.9 Å². The second kappa shape index (κ2) is 6.53. The number of amidine groups is 1. The zero-order valence-electron chi connectivity index (χ0n) is 10.6. The topological polar surface area (TPSA) is 124 Å². The molecule has 0 amide bonds. The molecule has 0 bridgehead atoms. The molecule has 0 spiro atoms. The van der Waals surface area contributed by atoms with Gasteiger partial charge in [-0.2, -0.15) is 0 Å². The Morgan fingerprint density at radius 3 is 2.90 bits per heavy atom. The van der Waals surface area contributed by atoms with Crippen molar-refractivity contribution in [1.82, 2.24) is 4.98 Å². The molecule has 108 valence electrons. The summed E-state index contributed by atoms with van der Waals surface area (Å²) in [5.74, 6) is -0.205. The van der Waals surface area contributed by atoms with Crippen molar-refractivity contribution < 1.29 is 14.9 Å². The minimum Gasteiger partial charge on any atom is -0.409 e. The molecule has 1 saturated heterocycles. The molecule has 1 aromatic heterocycles. The van der Waals surface area contributed by atoms with Gasteiger partial charge in [-0.25, -0.2) is 4.98 Å². The lowest BCUT2D eigenvalue weighted by molar-refractivity contribution is -0.388. The minimum absolute atomic E-state index is 0.134. The third-order valence-electron chi connectivity index (χ3n) is 2.88. The van der Waals surface area contributed by atoms with E-state index in [4.69, 9.17) is 15.7 Å². The van der Waals surface area contributed by atoms with Gasteiger partial charge in [-0.05, 0) is 12.8 Å². The predicted octanol–water partition coefficient (Wildman–Crippen LogP) is 1.36. The zero-order chi connectivity index (χ0) is 14.5. The van der Waals surface area contributed by atoms with Crippen LogP contribution in [0.15, 0.2) is 22.4 Å². The van der Waals surface area contributed by atoms with Gasteiger partial charge in [0.25, 0.3) is 0 Å². The molecule has 0 atom stereocenters. The summed E-state index contributed by atoms with van der Waals surface area (Å²) in [7, 11) is 0. The Morgan fingerprint density at radius 2 is 2.30 bits per heavy atom. The minimum atomic E-state index is -0.511. The third kappa shape index (κ3) is 3.36. The Hall–Kier alpha value is -1.87. The summed E-state index contributed by atoms with van der Waals surface area (Å²) in [4.78, 5) is 14.7. The van der Waals surface area contributed by atoms with Crippen molar-refractivity contribution in [3.05, 3.63) is 27.9 Å². The number of aromatic nitrogens is 1. The van der Waals surface area contributed by atoms with Crippen molar-refractivity contribution >= 4 is 23.3 Å². The first kappa shape index (κ1) is 14.5. The molecule has 1 fully saturated rings. The molecule has 0 aromatic carbocycles. The lowest BCUT2D eigenvalue weighted by atomic mass is 10.2. The monoisotopic (exact) mass is 298 g/mol. The summed E-state index contributed by atoms with van der Waals surface area (Å²) in [6.45, 7) is 1.32. The van der Waals surface area contributed by atoms with E-state index >= 15 is 0 Å². The molecule has 1 aliphatic heterocycles. The van der Waals surface area contributed by atoms with Crippen LogP contribution in [0.3, 0.4) is 0 Å². The first-order valence-electron chi connectivity index (χ1n) is 5.98. The van der Waals surface area contributed by atoms with Gasteiger partial charge < -0.3 is 15.7 Å². The summed E-state index contributed by atoms with van der Waals surface area (Å²) in [6.07, 6.45) is 3.04. The maximum atomic E-state index is 11.1. The van der Waals surface area contributed by atoms with Crippen molar-refractivity contribution in [3.8, 4) is 0 Å². The molecule has 0 aliphatic carbocycles. The molecule has 0 unspecified atom stereocenters. The van der Waals surface area contributed by atoms with E-state index in [1.54, 1.807) is 0 Å². The number of nitrogens with zero attached hydrogens (tertiary/aromatic N) is 3. The molecule has 20 heavy (non-hydrogen) atoms. The number of hydrogen-bond donors (Lipinski definition) is 2. The average Bonchev–Trinajstić information content (AvgIpc) is 2.47. The summed E-state index contributed by atoms with van der Waals surface area (Å²) < 4.78 is 5.25. The Bertz CT molecular complexity index is 531. The van der Waals surface area contributed by atoms with Gasteiger partial charge >= 0.3 is 5.69 Å². The molecule has 2 heterocycles. The molecule has 2 rings (SSSR count). The number of nitrogens with two attached hydrogens (primary N) is 1. The molecule has 1 aliphatic rings. The second-order valence-electron chi connectivity index (χ2n) is 4.22. The van der Waals surface area contributed by atoms with Gasteiger partial charge in [-0.1, -0.05) is 16.9 Å². The average molecular weight is 298 g/mol. The number of nitro groups is 1. The van der Waals surface area contributed by atoms with Crippen LogP contribution in [0, 0.1) is 10.1 Å². The van der Waals surface area contributed by atoms with Crippen LogP contribution < -0.4 is 5.73 Å².